The van der Waals surface area contributed by atoms with E-state index in [1.807, 2.05) is 0 Å². The fraction of sp³-hybridized carbons (Fsp3) is 1.00. The highest BCUT2D eigenvalue weighted by atomic mass is 31.3. The van der Waals surface area contributed by atoms with Gasteiger partial charge in [0.1, 0.15) is 0 Å². The molecule has 0 saturated carbocycles. The van der Waals surface area contributed by atoms with Crippen LogP contribution in [-0.4, -0.2) is 31.1 Å². The third-order valence-corrected chi connectivity index (χ3v) is 3.66. The van der Waals surface area contributed by atoms with Crippen LogP contribution in [-0.2, 0) is 9.13 Å². The second-order valence-electron chi connectivity index (χ2n) is 1.52. The summed E-state index contributed by atoms with van der Waals surface area (Å²) in [5.41, 5.74) is 0. The minimum absolute atomic E-state index is 0.292. The monoisotopic (exact) mass is 191 g/mol. The summed E-state index contributed by atoms with van der Waals surface area (Å²) in [7, 11) is -8.98. The topological polar surface area (TPSA) is 118 Å². The fourth-order valence-electron chi connectivity index (χ4n) is 0.152. The summed E-state index contributed by atoms with van der Waals surface area (Å²) in [6.07, 6.45) is 0. The van der Waals surface area contributed by atoms with Crippen molar-refractivity contribution in [3.63, 3.8) is 0 Å². The van der Waals surface area contributed by atoms with Gasteiger partial charge in [0.25, 0.3) is 0 Å². The van der Waals surface area contributed by atoms with Crippen molar-refractivity contribution in [3.05, 3.63) is 0 Å². The normalized spacial score (nSPS) is 14.2. The van der Waals surface area contributed by atoms with Gasteiger partial charge in [-0.2, -0.15) is 0 Å². The van der Waals surface area contributed by atoms with Gasteiger partial charge in [-0.05, 0) is 0 Å². The lowest BCUT2D eigenvalue weighted by Crippen LogP contribution is -2.10. The smallest absolute Gasteiger partial charge is 0.312 e. The maximum Gasteiger partial charge on any atom is 0.412 e. The maximum atomic E-state index is 10.1. The first-order valence-corrected chi connectivity index (χ1v) is 5.14. The Bertz CT molecular complexity index is 178. The van der Waals surface area contributed by atoms with Gasteiger partial charge in [0.05, 0.1) is 0 Å². The van der Waals surface area contributed by atoms with E-state index in [1.54, 1.807) is 0 Å². The molecule has 62 valence electrons. The minimum atomic E-state index is -4.81. The zero-order chi connectivity index (χ0) is 8.58. The van der Waals surface area contributed by atoms with Crippen LogP contribution in [0.1, 0.15) is 0 Å². The van der Waals surface area contributed by atoms with Crippen LogP contribution in [0, 0.1) is 0 Å². The molecule has 0 radical (unpaired) electrons. The Morgan fingerprint density at radius 2 is 1.20 bits per heavy atom. The molecule has 9 heteroatoms. The summed E-state index contributed by atoms with van der Waals surface area (Å²) in [5.74, 6) is 0. The van der Waals surface area contributed by atoms with E-state index in [0.29, 0.717) is 7.05 Å². The molecule has 0 rings (SSSR count). The van der Waals surface area contributed by atoms with Gasteiger partial charge in [0.2, 0.25) is 0 Å². The molecule has 0 atom stereocenters. The molecule has 0 aromatic rings. The van der Waals surface area contributed by atoms with Gasteiger partial charge in [-0.25, -0.2) is 9.13 Å². The van der Waals surface area contributed by atoms with E-state index in [1.165, 1.54) is 0 Å². The van der Waals surface area contributed by atoms with Crippen molar-refractivity contribution in [2.24, 2.45) is 0 Å². The van der Waals surface area contributed by atoms with Crippen LogP contribution in [0.3, 0.4) is 0 Å². The Morgan fingerprint density at radius 3 is 1.20 bits per heavy atom. The van der Waals surface area contributed by atoms with Gasteiger partial charge in [0, 0.05) is 7.05 Å². The molecule has 0 aliphatic rings. The molecule has 0 heterocycles. The Hall–Kier alpha value is 0.260. The maximum absolute atomic E-state index is 10.1. The highest BCUT2D eigenvalue weighted by Gasteiger charge is 2.35. The average Bonchev–Trinajstić information content (AvgIpc) is 1.59. The van der Waals surface area contributed by atoms with Gasteiger partial charge in [-0.15, -0.1) is 4.44 Å². The molecule has 0 saturated heterocycles. The molecule has 0 amide bonds. The van der Waals surface area contributed by atoms with Crippen molar-refractivity contribution in [2.45, 2.75) is 0 Å². The van der Waals surface area contributed by atoms with Gasteiger partial charge >= 0.3 is 15.5 Å². The lowest BCUT2D eigenvalue weighted by atomic mass is 11.6. The molecule has 4 N–H and O–H groups in total. The van der Waals surface area contributed by atoms with Crippen LogP contribution in [0.15, 0.2) is 0 Å². The van der Waals surface area contributed by atoms with Crippen LogP contribution in [0.5, 0.6) is 0 Å². The summed E-state index contributed by atoms with van der Waals surface area (Å²) in [6.45, 7) is 0. The van der Waals surface area contributed by atoms with Crippen molar-refractivity contribution >= 4 is 15.5 Å². The fourth-order valence-corrected chi connectivity index (χ4v) is 1.37. The summed E-state index contributed by atoms with van der Waals surface area (Å²) >= 11 is 0. The second kappa shape index (κ2) is 2.71. The molecule has 0 aliphatic heterocycles. The van der Waals surface area contributed by atoms with Gasteiger partial charge in [0.15, 0.2) is 0 Å². The lowest BCUT2D eigenvalue weighted by molar-refractivity contribution is 0.284. The Labute approximate surface area is 56.7 Å². The number of hydrogen-bond donors (Lipinski definition) is 4. The van der Waals surface area contributed by atoms with Crippen molar-refractivity contribution < 1.29 is 28.7 Å². The van der Waals surface area contributed by atoms with Crippen LogP contribution in [0.2, 0.25) is 0 Å². The highest BCUT2D eigenvalue weighted by molar-refractivity contribution is 7.64. The zero-order valence-corrected chi connectivity index (χ0v) is 6.74. The molecule has 0 aliphatic carbocycles. The first kappa shape index (κ1) is 10.3. The number of rotatable bonds is 2. The third kappa shape index (κ3) is 2.90. The van der Waals surface area contributed by atoms with Crippen LogP contribution in [0.4, 0.5) is 0 Å². The molecular weight excluding hydrogens is 184 g/mol. The number of nitrogens with zero attached hydrogens (tertiary/aromatic N) is 1. The molecule has 10 heavy (non-hydrogen) atoms. The summed E-state index contributed by atoms with van der Waals surface area (Å²) in [6, 6.07) is 0. The Balaban J connectivity index is 4.56. The predicted molar refractivity (Wildman–Crippen MR) is 31.9 cm³/mol. The van der Waals surface area contributed by atoms with Crippen LogP contribution in [0.25, 0.3) is 0 Å². The van der Waals surface area contributed by atoms with Crippen LogP contribution >= 0.6 is 15.5 Å². The minimum Gasteiger partial charge on any atom is -0.312 e. The molecule has 0 unspecified atom stereocenters. The van der Waals surface area contributed by atoms with Crippen molar-refractivity contribution in [2.75, 3.05) is 7.05 Å². The van der Waals surface area contributed by atoms with E-state index < -0.39 is 15.5 Å². The van der Waals surface area contributed by atoms with E-state index in [4.69, 9.17) is 19.6 Å². The van der Waals surface area contributed by atoms with E-state index in [2.05, 4.69) is 0 Å². The number of hydrogen-bond acceptors (Lipinski definition) is 2. The summed E-state index contributed by atoms with van der Waals surface area (Å²) in [4.78, 5) is 32.7. The molecule has 0 fully saturated rings. The van der Waals surface area contributed by atoms with Gasteiger partial charge < -0.3 is 19.6 Å². The van der Waals surface area contributed by atoms with Crippen molar-refractivity contribution in [1.82, 2.24) is 4.44 Å². The molecule has 0 bridgehead atoms. The largest absolute Gasteiger partial charge is 0.412 e. The molecule has 0 spiro atoms. The Kier molecular flexibility index (Phi) is 2.78. The summed E-state index contributed by atoms with van der Waals surface area (Å²) < 4.78 is 19.9. The van der Waals surface area contributed by atoms with Crippen molar-refractivity contribution in [1.29, 1.82) is 0 Å². The van der Waals surface area contributed by atoms with E-state index >= 15 is 0 Å². The lowest BCUT2D eigenvalue weighted by Gasteiger charge is -2.17. The van der Waals surface area contributed by atoms with E-state index in [-0.39, 0.29) is 4.44 Å². The summed E-state index contributed by atoms with van der Waals surface area (Å²) in [5, 5.41) is 0. The Morgan fingerprint density at radius 1 is 1.00 bits per heavy atom. The van der Waals surface area contributed by atoms with Crippen molar-refractivity contribution in [3.8, 4) is 0 Å². The van der Waals surface area contributed by atoms with E-state index in [0.717, 1.165) is 0 Å². The average molecular weight is 191 g/mol. The zero-order valence-electron chi connectivity index (χ0n) is 4.95. The quantitative estimate of drug-likeness (QED) is 0.417. The molecular formula is CH7NO6P2. The predicted octanol–water partition coefficient (Wildman–Crippen LogP) is -0.896. The van der Waals surface area contributed by atoms with Crippen LogP contribution < -0.4 is 0 Å². The highest BCUT2D eigenvalue weighted by Crippen LogP contribution is 2.55. The first-order valence-electron chi connectivity index (χ1n) is 2.01. The molecule has 7 nitrogen and oxygen atoms in total. The SMILES string of the molecule is CN(P(=O)(O)O)P(=O)(O)O. The first-order chi connectivity index (χ1) is 4.15. The second-order valence-corrected chi connectivity index (χ2v) is 5.08. The third-order valence-electron chi connectivity index (χ3n) is 0.754. The van der Waals surface area contributed by atoms with Gasteiger partial charge in [-0.1, -0.05) is 0 Å². The molecule has 0 aromatic heterocycles. The molecule has 0 aromatic carbocycles. The van der Waals surface area contributed by atoms with E-state index in [9.17, 15) is 9.13 Å². The van der Waals surface area contributed by atoms with Gasteiger partial charge in [-0.3, -0.25) is 0 Å². The standard InChI is InChI=1S/CH7NO6P2/c1-2(9(3,4)5)10(6,7)8/h1H3,(H2,3,4,5)(H2,6,7,8).